The molecule has 0 radical (unpaired) electrons. The molecule has 1 heterocycles. The van der Waals surface area contributed by atoms with E-state index in [-0.39, 0.29) is 23.9 Å². The number of hydrogen-bond donors (Lipinski definition) is 2. The zero-order valence-corrected chi connectivity index (χ0v) is 16.6. The lowest BCUT2D eigenvalue weighted by Gasteiger charge is -2.10. The fourth-order valence-corrected chi connectivity index (χ4v) is 2.75. The summed E-state index contributed by atoms with van der Waals surface area (Å²) in [6.07, 6.45) is -3.77. The average Bonchev–Trinajstić information content (AvgIpc) is 3.09. The second-order valence-electron chi connectivity index (χ2n) is 5.38. The number of nitrogens with one attached hydrogen (secondary N) is 2. The number of halogens is 3. The number of aromatic nitrogens is 3. The molecule has 30 heavy (non-hydrogen) atoms. The number of alkyl halides is 3. The van der Waals surface area contributed by atoms with Gasteiger partial charge < -0.3 is 20.2 Å². The summed E-state index contributed by atoms with van der Waals surface area (Å²) < 4.78 is 46.8. The van der Waals surface area contributed by atoms with Crippen molar-refractivity contribution in [1.82, 2.24) is 25.1 Å². The number of carbonyl (C=O) groups is 2. The topological polar surface area (TPSA) is 120 Å². The van der Waals surface area contributed by atoms with Gasteiger partial charge in [-0.2, -0.15) is 9.19 Å². The van der Waals surface area contributed by atoms with Gasteiger partial charge in [-0.1, -0.05) is 17.3 Å². The Balaban J connectivity index is 2.00. The van der Waals surface area contributed by atoms with Gasteiger partial charge in [0.15, 0.2) is 5.69 Å². The fourth-order valence-electron chi connectivity index (χ4n) is 2.05. The molecule has 0 aliphatic carbocycles. The van der Waals surface area contributed by atoms with Crippen molar-refractivity contribution < 1.29 is 32.2 Å². The van der Waals surface area contributed by atoms with E-state index in [9.17, 15) is 22.8 Å². The highest BCUT2D eigenvalue weighted by Crippen LogP contribution is 2.23. The zero-order chi connectivity index (χ0) is 22.1. The van der Waals surface area contributed by atoms with Gasteiger partial charge in [-0.25, -0.2) is 4.79 Å². The van der Waals surface area contributed by atoms with Crippen molar-refractivity contribution in [2.75, 3.05) is 13.7 Å². The number of carbonyl (C=O) groups excluding carboxylic acids is 2. The first kappa shape index (κ1) is 23.0. The van der Waals surface area contributed by atoms with E-state index in [2.05, 4.69) is 30.9 Å². The van der Waals surface area contributed by atoms with Crippen molar-refractivity contribution in [2.45, 2.75) is 19.7 Å². The molecule has 0 bridgehead atoms. The number of amides is 1. The minimum Gasteiger partial charge on any atom is -0.461 e. The van der Waals surface area contributed by atoms with Crippen molar-refractivity contribution in [3.63, 3.8) is 0 Å². The number of hydrogen-bond acceptors (Lipinski definition) is 9. The molecule has 0 unspecified atom stereocenters. The van der Waals surface area contributed by atoms with E-state index in [0.29, 0.717) is 5.56 Å². The number of hydrazone groups is 1. The Bertz CT molecular complexity index is 918. The number of ether oxygens (including phenoxy) is 2. The second kappa shape index (κ2) is 10.5. The number of esters is 1. The summed E-state index contributed by atoms with van der Waals surface area (Å²) in [6, 6.07) is 5.06. The largest absolute Gasteiger partial charge is 0.573 e. The standard InChI is InChI=1S/C16H17F3N6O4S/c1-3-28-14(27)12-9-25(24-22-12)30-15(23-20-2)21-13(26)8-10-5-4-6-11(7-10)29-16(17,18)19/h4-7,9,20H,3,8H2,1-2H3,(H,21,23,26). The summed E-state index contributed by atoms with van der Waals surface area (Å²) in [7, 11) is 1.50. The third-order valence-corrected chi connectivity index (χ3v) is 3.83. The summed E-state index contributed by atoms with van der Waals surface area (Å²) in [5, 5.41) is 13.8. The van der Waals surface area contributed by atoms with Crippen LogP contribution in [0.5, 0.6) is 5.75 Å². The van der Waals surface area contributed by atoms with E-state index in [1.165, 1.54) is 29.5 Å². The van der Waals surface area contributed by atoms with Crippen LogP contribution >= 0.6 is 11.9 Å². The quantitative estimate of drug-likeness (QED) is 0.286. The highest BCUT2D eigenvalue weighted by Gasteiger charge is 2.31. The average molecular weight is 446 g/mol. The summed E-state index contributed by atoms with van der Waals surface area (Å²) in [5.74, 6) is -1.63. The van der Waals surface area contributed by atoms with E-state index in [1.54, 1.807) is 6.92 Å². The highest BCUT2D eigenvalue weighted by atomic mass is 32.2. The van der Waals surface area contributed by atoms with Crippen molar-refractivity contribution in [1.29, 1.82) is 0 Å². The fraction of sp³-hybridized carbons (Fsp3) is 0.312. The molecule has 0 aliphatic rings. The van der Waals surface area contributed by atoms with Crippen LogP contribution in [0.3, 0.4) is 0 Å². The first-order chi connectivity index (χ1) is 14.2. The van der Waals surface area contributed by atoms with Crippen LogP contribution in [0.4, 0.5) is 13.2 Å². The molecule has 0 spiro atoms. The zero-order valence-electron chi connectivity index (χ0n) is 15.8. The van der Waals surface area contributed by atoms with Gasteiger partial charge in [0.25, 0.3) is 0 Å². The molecule has 0 fully saturated rings. The van der Waals surface area contributed by atoms with Gasteiger partial charge >= 0.3 is 12.3 Å². The Kier molecular flexibility index (Phi) is 8.03. The van der Waals surface area contributed by atoms with Crippen LogP contribution < -0.4 is 15.5 Å². The third-order valence-electron chi connectivity index (χ3n) is 3.09. The first-order valence-corrected chi connectivity index (χ1v) is 9.14. The van der Waals surface area contributed by atoms with Gasteiger partial charge in [0, 0.05) is 7.05 Å². The number of rotatable bonds is 7. The highest BCUT2D eigenvalue weighted by molar-refractivity contribution is 8.12. The maximum absolute atomic E-state index is 12.3. The monoisotopic (exact) mass is 446 g/mol. The minimum absolute atomic E-state index is 0.0269. The van der Waals surface area contributed by atoms with E-state index < -0.39 is 24.0 Å². The van der Waals surface area contributed by atoms with Crippen LogP contribution in [0.25, 0.3) is 0 Å². The van der Waals surface area contributed by atoms with Crippen molar-refractivity contribution in [3.8, 4) is 5.75 Å². The maximum atomic E-state index is 12.3. The number of nitrogens with zero attached hydrogens (tertiary/aromatic N) is 4. The Morgan fingerprint density at radius 3 is 2.77 bits per heavy atom. The van der Waals surface area contributed by atoms with Crippen LogP contribution in [0, 0.1) is 0 Å². The predicted octanol–water partition coefficient (Wildman–Crippen LogP) is 1.70. The van der Waals surface area contributed by atoms with Crippen molar-refractivity contribution >= 4 is 29.0 Å². The van der Waals surface area contributed by atoms with Crippen LogP contribution in [-0.2, 0) is 16.0 Å². The molecule has 0 saturated heterocycles. The first-order valence-electron chi connectivity index (χ1n) is 8.37. The van der Waals surface area contributed by atoms with Crippen LogP contribution in [0.2, 0.25) is 0 Å². The lowest BCUT2D eigenvalue weighted by molar-refractivity contribution is -0.274. The van der Waals surface area contributed by atoms with Crippen molar-refractivity contribution in [3.05, 3.63) is 41.7 Å². The molecule has 0 atom stereocenters. The molecular weight excluding hydrogens is 429 g/mol. The van der Waals surface area contributed by atoms with E-state index in [1.807, 2.05) is 0 Å². The van der Waals surface area contributed by atoms with E-state index >= 15 is 0 Å². The van der Waals surface area contributed by atoms with Crippen molar-refractivity contribution in [2.24, 2.45) is 5.10 Å². The Labute approximate surface area is 172 Å². The number of benzene rings is 1. The lowest BCUT2D eigenvalue weighted by atomic mass is 10.1. The predicted molar refractivity (Wildman–Crippen MR) is 100 cm³/mol. The van der Waals surface area contributed by atoms with Gasteiger partial charge in [0.05, 0.1) is 31.2 Å². The minimum atomic E-state index is -4.83. The second-order valence-corrected chi connectivity index (χ2v) is 6.32. The van der Waals surface area contributed by atoms with Crippen LogP contribution in [0.1, 0.15) is 23.0 Å². The summed E-state index contributed by atoms with van der Waals surface area (Å²) in [6.45, 7) is 1.83. The normalized spacial score (nSPS) is 11.7. The van der Waals surface area contributed by atoms with E-state index in [4.69, 9.17) is 4.74 Å². The van der Waals surface area contributed by atoms with Crippen LogP contribution in [-0.4, -0.2) is 51.5 Å². The molecule has 2 aromatic rings. The Hall–Kier alpha value is -3.29. The Morgan fingerprint density at radius 1 is 1.33 bits per heavy atom. The molecule has 2 rings (SSSR count). The van der Waals surface area contributed by atoms with E-state index in [0.717, 1.165) is 24.1 Å². The van der Waals surface area contributed by atoms with Gasteiger partial charge in [0.1, 0.15) is 5.75 Å². The molecule has 2 N–H and O–H groups in total. The lowest BCUT2D eigenvalue weighted by Crippen LogP contribution is -2.31. The maximum Gasteiger partial charge on any atom is 0.573 e. The molecular formula is C16H17F3N6O4S. The molecule has 1 aromatic carbocycles. The van der Waals surface area contributed by atoms with Gasteiger partial charge in [0.2, 0.25) is 11.1 Å². The molecule has 14 heteroatoms. The molecule has 162 valence electrons. The molecule has 10 nitrogen and oxygen atoms in total. The SMILES string of the molecule is CCOC(=O)c1cn(S/C(=N\NC)NC(=O)Cc2cccc(OC(F)(F)F)c2)nn1. The van der Waals surface area contributed by atoms with Crippen LogP contribution in [0.15, 0.2) is 35.6 Å². The summed E-state index contributed by atoms with van der Waals surface area (Å²) in [4.78, 5) is 23.9. The molecule has 0 aliphatic heterocycles. The third kappa shape index (κ3) is 7.62. The Morgan fingerprint density at radius 2 is 2.10 bits per heavy atom. The summed E-state index contributed by atoms with van der Waals surface area (Å²) in [5.41, 5.74) is 2.77. The number of amidine groups is 1. The molecule has 1 aromatic heterocycles. The van der Waals surface area contributed by atoms with Gasteiger partial charge in [-0.15, -0.1) is 18.3 Å². The smallest absolute Gasteiger partial charge is 0.461 e. The van der Waals surface area contributed by atoms with Gasteiger partial charge in [-0.3, -0.25) is 4.79 Å². The summed E-state index contributed by atoms with van der Waals surface area (Å²) >= 11 is 0.837. The molecule has 1 amide bonds. The van der Waals surface area contributed by atoms with Gasteiger partial charge in [-0.05, 0) is 24.6 Å². The molecule has 0 saturated carbocycles.